The Morgan fingerprint density at radius 3 is 2.61 bits per heavy atom. The van der Waals surface area contributed by atoms with Gasteiger partial charge in [-0.1, -0.05) is 30.7 Å². The number of hydrogen-bond donors (Lipinski definition) is 2. The third-order valence-corrected chi connectivity index (χ3v) is 6.86. The molecule has 1 aliphatic carbocycles. The third kappa shape index (κ3) is 5.45. The zero-order valence-electron chi connectivity index (χ0n) is 19.0. The molecule has 2 amide bonds. The standard InChI is InChI=1S/C24H31ClN6O2/c1-16-2-7-20-22(16)23(29-15-28-20)30-10-12-31(13-11-30)24(33)19(14-27-9-8-21(26)32)17-3-5-18(25)6-4-17/h3-6,15-16,19,27H,2,7-14H2,1H3,(H2,26,32)/t16-,19-/m1/s1. The van der Waals surface area contributed by atoms with Gasteiger partial charge in [0.2, 0.25) is 11.8 Å². The number of carbonyl (C=O) groups excluding carboxylic acids is 2. The molecule has 1 aromatic heterocycles. The highest BCUT2D eigenvalue weighted by molar-refractivity contribution is 6.30. The van der Waals surface area contributed by atoms with Crippen LogP contribution >= 0.6 is 11.6 Å². The number of nitrogens with two attached hydrogens (primary N) is 1. The molecule has 4 rings (SSSR count). The monoisotopic (exact) mass is 470 g/mol. The van der Waals surface area contributed by atoms with Crippen LogP contribution in [0.5, 0.6) is 0 Å². The summed E-state index contributed by atoms with van der Waals surface area (Å²) in [6, 6.07) is 7.38. The molecular weight excluding hydrogens is 440 g/mol. The minimum absolute atomic E-state index is 0.0739. The van der Waals surface area contributed by atoms with Crippen molar-refractivity contribution in [1.82, 2.24) is 20.2 Å². The van der Waals surface area contributed by atoms with E-state index in [9.17, 15) is 9.59 Å². The molecule has 8 nitrogen and oxygen atoms in total. The molecule has 1 aromatic carbocycles. The van der Waals surface area contributed by atoms with Crippen molar-refractivity contribution in [2.75, 3.05) is 44.2 Å². The Morgan fingerprint density at radius 1 is 1.18 bits per heavy atom. The van der Waals surface area contributed by atoms with Crippen LogP contribution < -0.4 is 16.0 Å². The number of nitrogens with zero attached hydrogens (tertiary/aromatic N) is 4. The van der Waals surface area contributed by atoms with Crippen LogP contribution in [0.4, 0.5) is 5.82 Å². The van der Waals surface area contributed by atoms with Crippen LogP contribution in [-0.4, -0.2) is 66.0 Å². The van der Waals surface area contributed by atoms with Crippen molar-refractivity contribution in [3.05, 3.63) is 52.4 Å². The first-order valence-electron chi connectivity index (χ1n) is 11.6. The molecule has 0 saturated carbocycles. The zero-order chi connectivity index (χ0) is 23.4. The highest BCUT2D eigenvalue weighted by Gasteiger charge is 2.31. The van der Waals surface area contributed by atoms with Crippen LogP contribution in [0.2, 0.25) is 5.02 Å². The number of amides is 2. The van der Waals surface area contributed by atoms with Gasteiger partial charge in [0.15, 0.2) is 0 Å². The van der Waals surface area contributed by atoms with Gasteiger partial charge in [-0.2, -0.15) is 0 Å². The van der Waals surface area contributed by atoms with Crippen LogP contribution in [0, 0.1) is 0 Å². The predicted octanol–water partition coefficient (Wildman–Crippen LogP) is 2.08. The van der Waals surface area contributed by atoms with E-state index >= 15 is 0 Å². The fourth-order valence-corrected chi connectivity index (χ4v) is 4.86. The molecule has 176 valence electrons. The van der Waals surface area contributed by atoms with E-state index in [0.29, 0.717) is 37.1 Å². The Hall–Kier alpha value is -2.71. The Labute approximate surface area is 199 Å². The van der Waals surface area contributed by atoms with Gasteiger partial charge in [0.1, 0.15) is 12.1 Å². The van der Waals surface area contributed by atoms with E-state index in [0.717, 1.165) is 43.0 Å². The predicted molar refractivity (Wildman–Crippen MR) is 128 cm³/mol. The molecule has 3 N–H and O–H groups in total. The summed E-state index contributed by atoms with van der Waals surface area (Å²) < 4.78 is 0. The molecule has 0 radical (unpaired) electrons. The fraction of sp³-hybridized carbons (Fsp3) is 0.500. The number of fused-ring (bicyclic) bond motifs is 1. The van der Waals surface area contributed by atoms with Crippen LogP contribution in [0.1, 0.15) is 48.4 Å². The summed E-state index contributed by atoms with van der Waals surface area (Å²) >= 11 is 6.05. The molecule has 1 saturated heterocycles. The lowest BCUT2D eigenvalue weighted by Crippen LogP contribution is -2.51. The fourth-order valence-electron chi connectivity index (χ4n) is 4.73. The third-order valence-electron chi connectivity index (χ3n) is 6.61. The number of halogens is 1. The maximum absolute atomic E-state index is 13.5. The smallest absolute Gasteiger partial charge is 0.231 e. The Balaban J connectivity index is 1.43. The molecule has 1 fully saturated rings. The van der Waals surface area contributed by atoms with Gasteiger partial charge in [0.25, 0.3) is 0 Å². The van der Waals surface area contributed by atoms with Gasteiger partial charge in [-0.25, -0.2) is 9.97 Å². The quantitative estimate of drug-likeness (QED) is 0.572. The highest BCUT2D eigenvalue weighted by atomic mass is 35.5. The number of carbonyl (C=O) groups is 2. The Kier molecular flexibility index (Phi) is 7.45. The van der Waals surface area contributed by atoms with Crippen molar-refractivity contribution in [2.45, 2.75) is 38.0 Å². The van der Waals surface area contributed by atoms with E-state index < -0.39 is 0 Å². The van der Waals surface area contributed by atoms with Gasteiger partial charge in [-0.05, 0) is 36.5 Å². The molecule has 1 aliphatic heterocycles. The van der Waals surface area contributed by atoms with Crippen LogP contribution in [0.25, 0.3) is 0 Å². The minimum atomic E-state index is -0.362. The van der Waals surface area contributed by atoms with Crippen molar-refractivity contribution in [3.63, 3.8) is 0 Å². The van der Waals surface area contributed by atoms with E-state index in [2.05, 4.69) is 27.1 Å². The SMILES string of the molecule is C[C@@H]1CCc2ncnc(N3CCN(C(=O)[C@H](CNCCC(N)=O)c4ccc(Cl)cc4)CC3)c21. The number of primary amides is 1. The second kappa shape index (κ2) is 10.5. The molecule has 9 heteroatoms. The second-order valence-electron chi connectivity index (χ2n) is 8.83. The first-order valence-corrected chi connectivity index (χ1v) is 11.9. The summed E-state index contributed by atoms with van der Waals surface area (Å²) in [7, 11) is 0. The van der Waals surface area contributed by atoms with E-state index in [1.165, 1.54) is 5.56 Å². The average molecular weight is 471 g/mol. The summed E-state index contributed by atoms with van der Waals surface area (Å²) in [5, 5.41) is 3.84. The first kappa shape index (κ1) is 23.4. The normalized spacial score (nSPS) is 18.8. The molecule has 2 aromatic rings. The maximum Gasteiger partial charge on any atom is 0.231 e. The van der Waals surface area contributed by atoms with Crippen LogP contribution in [0.15, 0.2) is 30.6 Å². The number of nitrogens with one attached hydrogen (secondary N) is 1. The first-order chi connectivity index (χ1) is 15.9. The van der Waals surface area contributed by atoms with Gasteiger partial charge in [-0.3, -0.25) is 9.59 Å². The van der Waals surface area contributed by atoms with Gasteiger partial charge < -0.3 is 20.9 Å². The lowest BCUT2D eigenvalue weighted by atomic mass is 9.97. The largest absolute Gasteiger partial charge is 0.370 e. The lowest BCUT2D eigenvalue weighted by Gasteiger charge is -2.38. The van der Waals surface area contributed by atoms with Gasteiger partial charge in [-0.15, -0.1) is 0 Å². The molecular formula is C24H31ClN6O2. The summed E-state index contributed by atoms with van der Waals surface area (Å²) in [5.41, 5.74) is 8.57. The molecule has 0 unspecified atom stereocenters. The van der Waals surface area contributed by atoms with Crippen LogP contribution in [0.3, 0.4) is 0 Å². The zero-order valence-corrected chi connectivity index (χ0v) is 19.7. The number of hydrogen-bond acceptors (Lipinski definition) is 6. The van der Waals surface area contributed by atoms with E-state index in [1.807, 2.05) is 17.0 Å². The number of anilines is 1. The second-order valence-corrected chi connectivity index (χ2v) is 9.27. The number of rotatable bonds is 8. The number of piperazine rings is 1. The minimum Gasteiger partial charge on any atom is -0.370 e. The van der Waals surface area contributed by atoms with Gasteiger partial charge in [0, 0.05) is 62.0 Å². The highest BCUT2D eigenvalue weighted by Crippen LogP contribution is 2.37. The molecule has 2 heterocycles. The average Bonchev–Trinajstić information content (AvgIpc) is 3.20. The molecule has 33 heavy (non-hydrogen) atoms. The maximum atomic E-state index is 13.5. The van der Waals surface area contributed by atoms with E-state index in [1.54, 1.807) is 18.5 Å². The summed E-state index contributed by atoms with van der Waals surface area (Å²) in [6.45, 7) is 5.87. The van der Waals surface area contributed by atoms with Crippen molar-refractivity contribution >= 4 is 29.2 Å². The molecule has 2 atom stereocenters. The number of benzene rings is 1. The topological polar surface area (TPSA) is 104 Å². The van der Waals surface area contributed by atoms with Crippen LogP contribution in [-0.2, 0) is 16.0 Å². The van der Waals surface area contributed by atoms with Crippen molar-refractivity contribution in [3.8, 4) is 0 Å². The van der Waals surface area contributed by atoms with Crippen molar-refractivity contribution < 1.29 is 9.59 Å². The summed E-state index contributed by atoms with van der Waals surface area (Å²) in [6.07, 6.45) is 4.03. The number of aryl methyl sites for hydroxylation is 1. The van der Waals surface area contributed by atoms with E-state index in [-0.39, 0.29) is 24.2 Å². The summed E-state index contributed by atoms with van der Waals surface area (Å²) in [5.74, 6) is 0.851. The van der Waals surface area contributed by atoms with Crippen molar-refractivity contribution in [2.24, 2.45) is 5.73 Å². The van der Waals surface area contributed by atoms with Gasteiger partial charge in [0.05, 0.1) is 5.92 Å². The molecule has 0 spiro atoms. The van der Waals surface area contributed by atoms with Crippen molar-refractivity contribution in [1.29, 1.82) is 0 Å². The number of aromatic nitrogens is 2. The van der Waals surface area contributed by atoms with E-state index in [4.69, 9.17) is 17.3 Å². The van der Waals surface area contributed by atoms with Gasteiger partial charge >= 0.3 is 0 Å². The molecule has 2 aliphatic rings. The Bertz CT molecular complexity index is 991. The lowest BCUT2D eigenvalue weighted by molar-refractivity contribution is -0.133. The Morgan fingerprint density at radius 2 is 1.91 bits per heavy atom. The summed E-state index contributed by atoms with van der Waals surface area (Å²) in [4.78, 5) is 37.8. The molecule has 0 bridgehead atoms.